The molecule has 0 rings (SSSR count). The van der Waals surface area contributed by atoms with Crippen LogP contribution in [0.2, 0.25) is 0 Å². The highest BCUT2D eigenvalue weighted by atomic mass is 16.6. The minimum Gasteiger partial charge on any atom is -0.460 e. The Kier molecular flexibility index (Phi) is 7.69. The van der Waals surface area contributed by atoms with Gasteiger partial charge >= 0.3 is 5.97 Å². The summed E-state index contributed by atoms with van der Waals surface area (Å²) in [5.74, 6) is -0.231. The summed E-state index contributed by atoms with van der Waals surface area (Å²) in [5, 5.41) is 0. The first-order valence-electron chi connectivity index (χ1n) is 4.95. The molecule has 0 N–H and O–H groups in total. The van der Waals surface area contributed by atoms with Crippen molar-refractivity contribution in [3.05, 3.63) is 0 Å². The van der Waals surface area contributed by atoms with Gasteiger partial charge in [0, 0.05) is 13.5 Å². The molecule has 0 aromatic rings. The molecule has 0 aliphatic heterocycles. The van der Waals surface area contributed by atoms with E-state index in [1.165, 1.54) is 6.92 Å². The van der Waals surface area contributed by atoms with Crippen LogP contribution < -0.4 is 0 Å². The topological polar surface area (TPSA) is 35.5 Å². The molecule has 1 unspecified atom stereocenters. The van der Waals surface area contributed by atoms with Crippen molar-refractivity contribution in [1.82, 2.24) is 0 Å². The van der Waals surface area contributed by atoms with Crippen molar-refractivity contribution in [2.75, 3.05) is 13.2 Å². The van der Waals surface area contributed by atoms with Crippen LogP contribution in [-0.2, 0) is 14.3 Å². The summed E-state index contributed by atoms with van der Waals surface area (Å²) in [5.41, 5.74) is 0. The molecule has 0 bridgehead atoms. The summed E-state index contributed by atoms with van der Waals surface area (Å²) >= 11 is 0. The lowest BCUT2D eigenvalue weighted by Crippen LogP contribution is -2.21. The minimum absolute atomic E-state index is 0.0747. The SMILES string of the molecule is CCCCOCC(CC)OC(C)=O. The van der Waals surface area contributed by atoms with Gasteiger partial charge in [-0.25, -0.2) is 0 Å². The van der Waals surface area contributed by atoms with Gasteiger partial charge in [-0.2, -0.15) is 0 Å². The first-order valence-corrected chi connectivity index (χ1v) is 4.95. The molecule has 0 aromatic carbocycles. The number of hydrogen-bond acceptors (Lipinski definition) is 3. The third kappa shape index (κ3) is 7.78. The van der Waals surface area contributed by atoms with Crippen LogP contribution in [0.5, 0.6) is 0 Å². The van der Waals surface area contributed by atoms with E-state index in [9.17, 15) is 4.79 Å². The molecule has 0 aliphatic rings. The van der Waals surface area contributed by atoms with Crippen molar-refractivity contribution in [1.29, 1.82) is 0 Å². The van der Waals surface area contributed by atoms with Crippen molar-refractivity contribution >= 4 is 5.97 Å². The predicted molar refractivity (Wildman–Crippen MR) is 51.6 cm³/mol. The summed E-state index contributed by atoms with van der Waals surface area (Å²) < 4.78 is 10.4. The van der Waals surface area contributed by atoms with Crippen molar-refractivity contribution in [3.63, 3.8) is 0 Å². The smallest absolute Gasteiger partial charge is 0.302 e. The number of unbranched alkanes of at least 4 members (excludes halogenated alkanes) is 1. The fraction of sp³-hybridized carbons (Fsp3) is 0.900. The Morgan fingerprint density at radius 1 is 1.38 bits per heavy atom. The lowest BCUT2D eigenvalue weighted by atomic mass is 10.3. The fourth-order valence-corrected chi connectivity index (χ4v) is 0.931. The maximum Gasteiger partial charge on any atom is 0.302 e. The molecule has 1 atom stereocenters. The molecule has 0 fully saturated rings. The molecule has 0 aromatic heterocycles. The lowest BCUT2D eigenvalue weighted by Gasteiger charge is -2.14. The Balaban J connectivity index is 3.42. The zero-order valence-corrected chi connectivity index (χ0v) is 8.84. The van der Waals surface area contributed by atoms with Gasteiger partial charge in [-0.15, -0.1) is 0 Å². The van der Waals surface area contributed by atoms with Crippen LogP contribution in [0.25, 0.3) is 0 Å². The number of rotatable bonds is 7. The molecule has 3 heteroatoms. The molecular weight excluding hydrogens is 168 g/mol. The van der Waals surface area contributed by atoms with Gasteiger partial charge in [0.05, 0.1) is 6.61 Å². The van der Waals surface area contributed by atoms with E-state index < -0.39 is 0 Å². The molecule has 0 radical (unpaired) electrons. The summed E-state index contributed by atoms with van der Waals surface area (Å²) in [6.07, 6.45) is 2.93. The van der Waals surface area contributed by atoms with E-state index in [2.05, 4.69) is 6.92 Å². The third-order valence-corrected chi connectivity index (χ3v) is 1.73. The second-order valence-corrected chi connectivity index (χ2v) is 3.07. The van der Waals surface area contributed by atoms with Crippen LogP contribution in [0.3, 0.4) is 0 Å². The molecular formula is C10H20O3. The third-order valence-electron chi connectivity index (χ3n) is 1.73. The zero-order chi connectivity index (χ0) is 10.1. The van der Waals surface area contributed by atoms with Gasteiger partial charge in [0.1, 0.15) is 6.10 Å². The number of ether oxygens (including phenoxy) is 2. The molecule has 0 saturated carbocycles. The largest absolute Gasteiger partial charge is 0.460 e. The monoisotopic (exact) mass is 188 g/mol. The van der Waals surface area contributed by atoms with Crippen molar-refractivity contribution in [2.45, 2.75) is 46.1 Å². The Labute approximate surface area is 80.4 Å². The van der Waals surface area contributed by atoms with Crippen LogP contribution >= 0.6 is 0 Å². The van der Waals surface area contributed by atoms with E-state index in [0.29, 0.717) is 6.61 Å². The number of hydrogen-bond donors (Lipinski definition) is 0. The van der Waals surface area contributed by atoms with Gasteiger partial charge in [0.25, 0.3) is 0 Å². The normalized spacial score (nSPS) is 12.5. The molecule has 0 amide bonds. The van der Waals surface area contributed by atoms with E-state index in [1.807, 2.05) is 6.92 Å². The first kappa shape index (κ1) is 12.4. The Bertz CT molecular complexity index is 134. The number of carbonyl (C=O) groups excluding carboxylic acids is 1. The van der Waals surface area contributed by atoms with E-state index in [1.54, 1.807) is 0 Å². The first-order chi connectivity index (χ1) is 6.20. The van der Waals surface area contributed by atoms with E-state index >= 15 is 0 Å². The van der Waals surface area contributed by atoms with Crippen LogP contribution in [0.1, 0.15) is 40.0 Å². The lowest BCUT2D eigenvalue weighted by molar-refractivity contribution is -0.149. The van der Waals surface area contributed by atoms with Gasteiger partial charge in [-0.3, -0.25) is 4.79 Å². The van der Waals surface area contributed by atoms with Crippen molar-refractivity contribution in [3.8, 4) is 0 Å². The summed E-state index contributed by atoms with van der Waals surface area (Å²) in [6.45, 7) is 6.81. The molecule has 13 heavy (non-hydrogen) atoms. The maximum absolute atomic E-state index is 10.6. The molecule has 0 heterocycles. The Morgan fingerprint density at radius 2 is 2.08 bits per heavy atom. The average molecular weight is 188 g/mol. The van der Waals surface area contributed by atoms with Gasteiger partial charge in [-0.1, -0.05) is 20.3 Å². The summed E-state index contributed by atoms with van der Waals surface area (Å²) in [6, 6.07) is 0. The van der Waals surface area contributed by atoms with Gasteiger partial charge in [0.15, 0.2) is 0 Å². The van der Waals surface area contributed by atoms with Crippen LogP contribution in [0.15, 0.2) is 0 Å². The highest BCUT2D eigenvalue weighted by Gasteiger charge is 2.08. The molecule has 0 saturated heterocycles. The fourth-order valence-electron chi connectivity index (χ4n) is 0.931. The molecule has 78 valence electrons. The van der Waals surface area contributed by atoms with E-state index in [-0.39, 0.29) is 12.1 Å². The second kappa shape index (κ2) is 8.05. The van der Waals surface area contributed by atoms with Gasteiger partial charge < -0.3 is 9.47 Å². The minimum atomic E-state index is -0.231. The van der Waals surface area contributed by atoms with E-state index in [0.717, 1.165) is 25.9 Å². The number of esters is 1. The van der Waals surface area contributed by atoms with Crippen LogP contribution in [0.4, 0.5) is 0 Å². The average Bonchev–Trinajstić information content (AvgIpc) is 2.09. The maximum atomic E-state index is 10.6. The Hall–Kier alpha value is -0.570. The molecule has 0 spiro atoms. The molecule has 0 aliphatic carbocycles. The number of carbonyl (C=O) groups is 1. The van der Waals surface area contributed by atoms with Crippen LogP contribution in [0, 0.1) is 0 Å². The summed E-state index contributed by atoms with van der Waals surface area (Å²) in [4.78, 5) is 10.6. The highest BCUT2D eigenvalue weighted by Crippen LogP contribution is 2.00. The summed E-state index contributed by atoms with van der Waals surface area (Å²) in [7, 11) is 0. The van der Waals surface area contributed by atoms with Gasteiger partial charge in [-0.05, 0) is 12.8 Å². The predicted octanol–water partition coefficient (Wildman–Crippen LogP) is 2.14. The Morgan fingerprint density at radius 3 is 2.54 bits per heavy atom. The van der Waals surface area contributed by atoms with Crippen LogP contribution in [-0.4, -0.2) is 25.3 Å². The van der Waals surface area contributed by atoms with E-state index in [4.69, 9.17) is 9.47 Å². The standard InChI is InChI=1S/C10H20O3/c1-4-6-7-12-8-10(5-2)13-9(3)11/h10H,4-8H2,1-3H3. The zero-order valence-electron chi connectivity index (χ0n) is 8.84. The van der Waals surface area contributed by atoms with Crippen molar-refractivity contribution < 1.29 is 14.3 Å². The highest BCUT2D eigenvalue weighted by molar-refractivity contribution is 5.66. The molecule has 3 nitrogen and oxygen atoms in total. The van der Waals surface area contributed by atoms with Gasteiger partial charge in [0.2, 0.25) is 0 Å². The van der Waals surface area contributed by atoms with Crippen molar-refractivity contribution in [2.24, 2.45) is 0 Å². The quantitative estimate of drug-likeness (QED) is 0.453. The second-order valence-electron chi connectivity index (χ2n) is 3.07.